The van der Waals surface area contributed by atoms with Crippen molar-refractivity contribution < 1.29 is 29.9 Å². The maximum Gasteiger partial charge on any atom is 0.303 e. The Bertz CT molecular complexity index is 305. The molecule has 0 saturated carbocycles. The molecule has 18 heavy (non-hydrogen) atoms. The summed E-state index contributed by atoms with van der Waals surface area (Å²) in [4.78, 5) is 28.7. The van der Waals surface area contributed by atoms with E-state index in [2.05, 4.69) is 9.88 Å². The second-order valence-corrected chi connectivity index (χ2v) is 3.68. The van der Waals surface area contributed by atoms with E-state index in [1.165, 1.54) is 0 Å². The second kappa shape index (κ2) is 9.37. The highest BCUT2D eigenvalue weighted by atomic mass is 17.1. The van der Waals surface area contributed by atoms with Crippen LogP contribution in [0.4, 0.5) is 0 Å². The van der Waals surface area contributed by atoms with Crippen LogP contribution in [0.5, 0.6) is 0 Å². The number of carboxylic acid groups (broad SMARTS) is 2. The smallest absolute Gasteiger partial charge is 0.303 e. The molecule has 0 aliphatic heterocycles. The van der Waals surface area contributed by atoms with Crippen molar-refractivity contribution in [3.05, 3.63) is 0 Å². The Labute approximate surface area is 104 Å². The number of nitrogens with zero attached hydrogens (tertiary/aromatic N) is 1. The summed E-state index contributed by atoms with van der Waals surface area (Å²) >= 11 is 0. The predicted octanol–water partition coefficient (Wildman–Crippen LogP) is 0.321. The molecule has 0 bridgehead atoms. The summed E-state index contributed by atoms with van der Waals surface area (Å²) in [6.45, 7) is 0.124. The van der Waals surface area contributed by atoms with Crippen LogP contribution in [0.25, 0.3) is 0 Å². The molecule has 1 atom stereocenters. The average Bonchev–Trinajstić information content (AvgIpc) is 2.31. The number of aliphatic imine (C=N–C) groups is 1. The molecule has 104 valence electrons. The van der Waals surface area contributed by atoms with Crippen LogP contribution >= 0.6 is 0 Å². The molecule has 0 aromatic carbocycles. The predicted molar refractivity (Wildman–Crippen MR) is 62.3 cm³/mol. The van der Waals surface area contributed by atoms with Gasteiger partial charge in [0, 0.05) is 25.8 Å². The molecule has 0 aromatic rings. The lowest BCUT2D eigenvalue weighted by Crippen LogP contribution is -2.22. The van der Waals surface area contributed by atoms with Crippen LogP contribution in [-0.2, 0) is 14.5 Å². The molecule has 0 aliphatic carbocycles. The van der Waals surface area contributed by atoms with Gasteiger partial charge in [-0.05, 0) is 12.8 Å². The standard InChI is InChI=1S/C10H18N2O6/c11-6-7(4-5-10(15)16)12-8(18-17)2-1-3-9(13)14/h7,17H,1-6,11H2,(H,13,14)(H,15,16). The Kier molecular flexibility index (Phi) is 8.50. The van der Waals surface area contributed by atoms with E-state index in [0.29, 0.717) is 0 Å². The zero-order valence-electron chi connectivity index (χ0n) is 9.91. The van der Waals surface area contributed by atoms with Crippen LogP contribution in [0.1, 0.15) is 32.1 Å². The van der Waals surface area contributed by atoms with Crippen molar-refractivity contribution in [2.75, 3.05) is 6.54 Å². The van der Waals surface area contributed by atoms with Crippen molar-refractivity contribution in [3.63, 3.8) is 0 Å². The summed E-state index contributed by atoms with van der Waals surface area (Å²) in [5, 5.41) is 25.5. The van der Waals surface area contributed by atoms with E-state index < -0.39 is 18.0 Å². The fourth-order valence-corrected chi connectivity index (χ4v) is 1.25. The lowest BCUT2D eigenvalue weighted by Gasteiger charge is -2.10. The van der Waals surface area contributed by atoms with Gasteiger partial charge in [-0.25, -0.2) is 10.2 Å². The monoisotopic (exact) mass is 262 g/mol. The number of carbonyl (C=O) groups is 2. The first-order valence-electron chi connectivity index (χ1n) is 5.51. The zero-order chi connectivity index (χ0) is 14.0. The van der Waals surface area contributed by atoms with Gasteiger partial charge < -0.3 is 20.8 Å². The Morgan fingerprint density at radius 3 is 2.22 bits per heavy atom. The Balaban J connectivity index is 4.25. The van der Waals surface area contributed by atoms with E-state index in [0.717, 1.165) is 0 Å². The largest absolute Gasteiger partial charge is 0.481 e. The maximum atomic E-state index is 10.4. The first-order chi connectivity index (χ1) is 8.49. The highest BCUT2D eigenvalue weighted by molar-refractivity contribution is 5.76. The van der Waals surface area contributed by atoms with Crippen LogP contribution in [0.15, 0.2) is 4.99 Å². The molecule has 0 rings (SSSR count). The summed E-state index contributed by atoms with van der Waals surface area (Å²) < 4.78 is 0. The Hall–Kier alpha value is -1.67. The number of hydrogen-bond acceptors (Lipinski definition) is 6. The van der Waals surface area contributed by atoms with Gasteiger partial charge in [-0.15, -0.1) is 0 Å². The third kappa shape index (κ3) is 8.48. The van der Waals surface area contributed by atoms with E-state index in [-0.39, 0.29) is 44.5 Å². The SMILES string of the molecule is NCC(CCC(=O)O)N=C(CCCC(=O)O)OO. The van der Waals surface area contributed by atoms with E-state index in [4.69, 9.17) is 21.2 Å². The molecule has 0 aromatic heterocycles. The van der Waals surface area contributed by atoms with E-state index in [1.54, 1.807) is 0 Å². The third-order valence-electron chi connectivity index (χ3n) is 2.18. The molecule has 5 N–H and O–H groups in total. The highest BCUT2D eigenvalue weighted by Crippen LogP contribution is 2.05. The fourth-order valence-electron chi connectivity index (χ4n) is 1.25. The van der Waals surface area contributed by atoms with Crippen molar-refractivity contribution in [2.45, 2.75) is 38.1 Å². The molecule has 0 heterocycles. The molecule has 8 heteroatoms. The minimum Gasteiger partial charge on any atom is -0.481 e. The normalized spacial score (nSPS) is 13.1. The number of aliphatic carboxylic acids is 2. The van der Waals surface area contributed by atoms with Gasteiger partial charge in [-0.1, -0.05) is 0 Å². The van der Waals surface area contributed by atoms with Crippen LogP contribution < -0.4 is 5.73 Å². The number of hydrogen-bond donors (Lipinski definition) is 4. The van der Waals surface area contributed by atoms with Gasteiger partial charge in [0.15, 0.2) is 0 Å². The molecule has 8 nitrogen and oxygen atoms in total. The summed E-state index contributed by atoms with van der Waals surface area (Å²) in [7, 11) is 0. The topological polar surface area (TPSA) is 142 Å². The Morgan fingerprint density at radius 1 is 1.17 bits per heavy atom. The molecule has 0 aliphatic rings. The lowest BCUT2D eigenvalue weighted by atomic mass is 10.1. The summed E-state index contributed by atoms with van der Waals surface area (Å²) in [6, 6.07) is -0.465. The molecule has 0 fully saturated rings. The molecular formula is C10H18N2O6. The van der Waals surface area contributed by atoms with Crippen LogP contribution in [0.2, 0.25) is 0 Å². The molecule has 0 radical (unpaired) electrons. The van der Waals surface area contributed by atoms with Crippen molar-refractivity contribution in [2.24, 2.45) is 10.7 Å². The number of rotatable bonds is 9. The average molecular weight is 262 g/mol. The second-order valence-electron chi connectivity index (χ2n) is 3.68. The van der Waals surface area contributed by atoms with Crippen molar-refractivity contribution in [1.82, 2.24) is 0 Å². The quantitative estimate of drug-likeness (QED) is 0.203. The first kappa shape index (κ1) is 16.3. The van der Waals surface area contributed by atoms with Crippen LogP contribution in [0.3, 0.4) is 0 Å². The van der Waals surface area contributed by atoms with Gasteiger partial charge in [-0.2, -0.15) is 0 Å². The van der Waals surface area contributed by atoms with Crippen LogP contribution in [0, 0.1) is 0 Å². The summed E-state index contributed by atoms with van der Waals surface area (Å²) in [5.74, 6) is -1.94. The van der Waals surface area contributed by atoms with Crippen molar-refractivity contribution >= 4 is 17.8 Å². The first-order valence-corrected chi connectivity index (χ1v) is 5.51. The van der Waals surface area contributed by atoms with Gasteiger partial charge in [-0.3, -0.25) is 9.59 Å². The van der Waals surface area contributed by atoms with Crippen LogP contribution in [-0.4, -0.2) is 45.9 Å². The third-order valence-corrected chi connectivity index (χ3v) is 2.18. The minimum absolute atomic E-state index is 0.0305. The minimum atomic E-state index is -0.957. The number of nitrogens with two attached hydrogens (primary N) is 1. The van der Waals surface area contributed by atoms with E-state index >= 15 is 0 Å². The van der Waals surface area contributed by atoms with Crippen molar-refractivity contribution in [1.29, 1.82) is 0 Å². The van der Waals surface area contributed by atoms with E-state index in [9.17, 15) is 9.59 Å². The van der Waals surface area contributed by atoms with Gasteiger partial charge >= 0.3 is 11.9 Å². The van der Waals surface area contributed by atoms with Gasteiger partial charge in [0.1, 0.15) is 0 Å². The lowest BCUT2D eigenvalue weighted by molar-refractivity contribution is -0.158. The van der Waals surface area contributed by atoms with Gasteiger partial charge in [0.2, 0.25) is 5.90 Å². The van der Waals surface area contributed by atoms with Gasteiger partial charge in [0.25, 0.3) is 0 Å². The molecular weight excluding hydrogens is 244 g/mol. The Morgan fingerprint density at radius 2 is 1.78 bits per heavy atom. The number of carboxylic acids is 2. The highest BCUT2D eigenvalue weighted by Gasteiger charge is 2.11. The summed E-state index contributed by atoms with van der Waals surface area (Å²) in [5.41, 5.74) is 5.41. The summed E-state index contributed by atoms with van der Waals surface area (Å²) in [6.07, 6.45) is 0.513. The molecule has 1 unspecified atom stereocenters. The molecule has 0 amide bonds. The fraction of sp³-hybridized carbons (Fsp3) is 0.700. The van der Waals surface area contributed by atoms with Gasteiger partial charge in [0.05, 0.1) is 6.04 Å². The van der Waals surface area contributed by atoms with Crippen molar-refractivity contribution in [3.8, 4) is 0 Å². The molecule has 0 saturated heterocycles. The maximum absolute atomic E-state index is 10.4. The zero-order valence-corrected chi connectivity index (χ0v) is 9.91. The molecule has 0 spiro atoms. The van der Waals surface area contributed by atoms with E-state index in [1.807, 2.05) is 0 Å².